The van der Waals surface area contributed by atoms with E-state index < -0.39 is 6.10 Å². The standard InChI is InChI=1S/C13H20O2/c1-4-7-10(2)15-13-9-6-5-8-12(13)11(3)14/h5-6,8-11,14H,4,7H2,1-3H3/t10?,11-/m0/s1. The fraction of sp³-hybridized carbons (Fsp3) is 0.538. The first-order chi connectivity index (χ1) is 7.15. The molecule has 0 aliphatic carbocycles. The van der Waals surface area contributed by atoms with Gasteiger partial charge in [0.1, 0.15) is 5.75 Å². The summed E-state index contributed by atoms with van der Waals surface area (Å²) in [5.74, 6) is 0.799. The molecule has 1 rings (SSSR count). The van der Waals surface area contributed by atoms with Crippen LogP contribution in [0.3, 0.4) is 0 Å². The van der Waals surface area contributed by atoms with E-state index in [2.05, 4.69) is 13.8 Å². The highest BCUT2D eigenvalue weighted by atomic mass is 16.5. The van der Waals surface area contributed by atoms with E-state index in [1.54, 1.807) is 6.92 Å². The normalized spacial score (nSPS) is 14.7. The highest BCUT2D eigenvalue weighted by Gasteiger charge is 2.10. The van der Waals surface area contributed by atoms with Gasteiger partial charge in [0.25, 0.3) is 0 Å². The third-order valence-electron chi connectivity index (χ3n) is 2.39. The first-order valence-electron chi connectivity index (χ1n) is 5.58. The number of aliphatic hydroxyl groups is 1. The molecule has 1 N–H and O–H groups in total. The summed E-state index contributed by atoms with van der Waals surface area (Å²) >= 11 is 0. The van der Waals surface area contributed by atoms with E-state index in [0.717, 1.165) is 24.2 Å². The topological polar surface area (TPSA) is 29.5 Å². The van der Waals surface area contributed by atoms with E-state index >= 15 is 0 Å². The quantitative estimate of drug-likeness (QED) is 0.804. The zero-order valence-corrected chi connectivity index (χ0v) is 9.73. The van der Waals surface area contributed by atoms with Gasteiger partial charge in [-0.1, -0.05) is 31.5 Å². The molecule has 2 atom stereocenters. The van der Waals surface area contributed by atoms with Gasteiger partial charge in [0.05, 0.1) is 12.2 Å². The van der Waals surface area contributed by atoms with Crippen molar-refractivity contribution in [3.8, 4) is 5.75 Å². The molecule has 0 amide bonds. The highest BCUT2D eigenvalue weighted by Crippen LogP contribution is 2.25. The van der Waals surface area contributed by atoms with Crippen LogP contribution in [0.1, 0.15) is 45.3 Å². The molecule has 84 valence electrons. The fourth-order valence-electron chi connectivity index (χ4n) is 1.62. The van der Waals surface area contributed by atoms with E-state index in [1.807, 2.05) is 24.3 Å². The molecule has 1 aromatic carbocycles. The van der Waals surface area contributed by atoms with E-state index in [9.17, 15) is 5.11 Å². The van der Waals surface area contributed by atoms with Gasteiger partial charge < -0.3 is 9.84 Å². The molecule has 0 aliphatic heterocycles. The lowest BCUT2D eigenvalue weighted by Gasteiger charge is -2.17. The van der Waals surface area contributed by atoms with Crippen molar-refractivity contribution < 1.29 is 9.84 Å². The minimum absolute atomic E-state index is 0.204. The van der Waals surface area contributed by atoms with Crippen LogP contribution in [0.2, 0.25) is 0 Å². The summed E-state index contributed by atoms with van der Waals surface area (Å²) in [6.45, 7) is 5.95. The number of ether oxygens (including phenoxy) is 1. The third-order valence-corrected chi connectivity index (χ3v) is 2.39. The van der Waals surface area contributed by atoms with Crippen LogP contribution in [0.4, 0.5) is 0 Å². The Labute approximate surface area is 91.9 Å². The Morgan fingerprint density at radius 3 is 2.53 bits per heavy atom. The first kappa shape index (κ1) is 12.1. The molecule has 0 fully saturated rings. The van der Waals surface area contributed by atoms with Crippen LogP contribution in [-0.2, 0) is 0 Å². The second kappa shape index (κ2) is 5.76. The van der Waals surface area contributed by atoms with Gasteiger partial charge in [-0.3, -0.25) is 0 Å². The number of aliphatic hydroxyl groups excluding tert-OH is 1. The van der Waals surface area contributed by atoms with Gasteiger partial charge in [0, 0.05) is 5.56 Å². The Morgan fingerprint density at radius 2 is 1.93 bits per heavy atom. The SMILES string of the molecule is CCCC(C)Oc1ccccc1[C@H](C)O. The van der Waals surface area contributed by atoms with Gasteiger partial charge in [0.2, 0.25) is 0 Å². The lowest BCUT2D eigenvalue weighted by Crippen LogP contribution is -2.12. The van der Waals surface area contributed by atoms with Crippen molar-refractivity contribution in [3.63, 3.8) is 0 Å². The average Bonchev–Trinajstić information content (AvgIpc) is 2.18. The van der Waals surface area contributed by atoms with E-state index in [0.29, 0.717) is 0 Å². The highest BCUT2D eigenvalue weighted by molar-refractivity contribution is 5.34. The first-order valence-corrected chi connectivity index (χ1v) is 5.58. The van der Waals surface area contributed by atoms with Crippen molar-refractivity contribution in [2.24, 2.45) is 0 Å². The molecule has 1 aromatic rings. The van der Waals surface area contributed by atoms with Crippen molar-refractivity contribution in [1.82, 2.24) is 0 Å². The summed E-state index contributed by atoms with van der Waals surface area (Å²) < 4.78 is 5.79. The number of para-hydroxylation sites is 1. The number of benzene rings is 1. The Balaban J connectivity index is 2.75. The lowest BCUT2D eigenvalue weighted by atomic mass is 10.1. The van der Waals surface area contributed by atoms with Crippen LogP contribution < -0.4 is 4.74 Å². The molecule has 0 spiro atoms. The molecule has 0 aliphatic rings. The molecule has 0 bridgehead atoms. The second-order valence-electron chi connectivity index (χ2n) is 3.93. The van der Waals surface area contributed by atoms with Crippen molar-refractivity contribution in [2.75, 3.05) is 0 Å². The minimum atomic E-state index is -0.477. The molecular weight excluding hydrogens is 188 g/mol. The van der Waals surface area contributed by atoms with Crippen LogP contribution in [0.15, 0.2) is 24.3 Å². The molecule has 15 heavy (non-hydrogen) atoms. The monoisotopic (exact) mass is 208 g/mol. The predicted octanol–water partition coefficient (Wildman–Crippen LogP) is 3.31. The molecule has 2 heteroatoms. The fourth-order valence-corrected chi connectivity index (χ4v) is 1.62. The summed E-state index contributed by atoms with van der Waals surface area (Å²) in [5, 5.41) is 9.57. The largest absolute Gasteiger partial charge is 0.490 e. The summed E-state index contributed by atoms with van der Waals surface area (Å²) in [4.78, 5) is 0. The summed E-state index contributed by atoms with van der Waals surface area (Å²) in [6.07, 6.45) is 1.87. The van der Waals surface area contributed by atoms with Crippen LogP contribution in [0.5, 0.6) is 5.75 Å². The molecule has 2 nitrogen and oxygen atoms in total. The maximum absolute atomic E-state index is 9.57. The number of hydrogen-bond acceptors (Lipinski definition) is 2. The number of hydrogen-bond donors (Lipinski definition) is 1. The Morgan fingerprint density at radius 1 is 1.27 bits per heavy atom. The molecule has 1 unspecified atom stereocenters. The zero-order valence-electron chi connectivity index (χ0n) is 9.73. The van der Waals surface area contributed by atoms with Gasteiger partial charge in [0.15, 0.2) is 0 Å². The van der Waals surface area contributed by atoms with Gasteiger partial charge in [-0.25, -0.2) is 0 Å². The van der Waals surface area contributed by atoms with Crippen LogP contribution in [0.25, 0.3) is 0 Å². The van der Waals surface area contributed by atoms with Gasteiger partial charge in [-0.15, -0.1) is 0 Å². The molecule has 0 aromatic heterocycles. The number of rotatable bonds is 5. The van der Waals surface area contributed by atoms with Crippen molar-refractivity contribution in [1.29, 1.82) is 0 Å². The molecule has 0 heterocycles. The van der Waals surface area contributed by atoms with Crippen LogP contribution in [-0.4, -0.2) is 11.2 Å². The van der Waals surface area contributed by atoms with Gasteiger partial charge in [-0.2, -0.15) is 0 Å². The molecule has 0 radical (unpaired) electrons. The zero-order chi connectivity index (χ0) is 11.3. The Kier molecular flexibility index (Phi) is 4.63. The minimum Gasteiger partial charge on any atom is -0.490 e. The van der Waals surface area contributed by atoms with E-state index in [-0.39, 0.29) is 6.10 Å². The summed E-state index contributed by atoms with van der Waals surface area (Å²) in [6, 6.07) is 7.66. The van der Waals surface area contributed by atoms with Crippen LogP contribution >= 0.6 is 0 Å². The van der Waals surface area contributed by atoms with Gasteiger partial charge in [-0.05, 0) is 26.3 Å². The average molecular weight is 208 g/mol. The molecule has 0 saturated heterocycles. The maximum atomic E-state index is 9.57. The second-order valence-corrected chi connectivity index (χ2v) is 3.93. The smallest absolute Gasteiger partial charge is 0.125 e. The predicted molar refractivity (Wildman–Crippen MR) is 62.1 cm³/mol. The molecular formula is C13H20O2. The van der Waals surface area contributed by atoms with E-state index in [4.69, 9.17) is 4.74 Å². The Hall–Kier alpha value is -1.02. The van der Waals surface area contributed by atoms with E-state index in [1.165, 1.54) is 0 Å². The van der Waals surface area contributed by atoms with Crippen LogP contribution in [0, 0.1) is 0 Å². The third kappa shape index (κ3) is 3.56. The van der Waals surface area contributed by atoms with Crippen molar-refractivity contribution in [3.05, 3.63) is 29.8 Å². The maximum Gasteiger partial charge on any atom is 0.125 e. The summed E-state index contributed by atoms with van der Waals surface area (Å²) in [7, 11) is 0. The van der Waals surface area contributed by atoms with Gasteiger partial charge >= 0.3 is 0 Å². The molecule has 0 saturated carbocycles. The van der Waals surface area contributed by atoms with Crippen molar-refractivity contribution >= 4 is 0 Å². The van der Waals surface area contributed by atoms with Crippen molar-refractivity contribution in [2.45, 2.75) is 45.8 Å². The lowest BCUT2D eigenvalue weighted by molar-refractivity contribution is 0.174. The summed E-state index contributed by atoms with van der Waals surface area (Å²) in [5.41, 5.74) is 0.862. The Bertz CT molecular complexity index is 294.